The minimum absolute atomic E-state index is 0.196. The molecule has 1 amide bonds. The summed E-state index contributed by atoms with van der Waals surface area (Å²) in [4.78, 5) is 12.8. The summed E-state index contributed by atoms with van der Waals surface area (Å²) in [6, 6.07) is 7.43. The predicted octanol–water partition coefficient (Wildman–Crippen LogP) is 3.14. The highest BCUT2D eigenvalue weighted by Crippen LogP contribution is 2.45. The number of benzene rings is 1. The summed E-state index contributed by atoms with van der Waals surface area (Å²) in [7, 11) is 0. The lowest BCUT2D eigenvalue weighted by Gasteiger charge is -2.33. The number of nitrogens with zero attached hydrogens (tertiary/aromatic N) is 2. The lowest BCUT2D eigenvalue weighted by molar-refractivity contribution is 0.0900. The summed E-state index contributed by atoms with van der Waals surface area (Å²) in [5.41, 5.74) is 2.19. The van der Waals surface area contributed by atoms with Gasteiger partial charge in [0.1, 0.15) is 0 Å². The van der Waals surface area contributed by atoms with E-state index >= 15 is 0 Å². The van der Waals surface area contributed by atoms with E-state index in [9.17, 15) is 9.90 Å². The van der Waals surface area contributed by atoms with Crippen LogP contribution in [0.1, 0.15) is 43.5 Å². The van der Waals surface area contributed by atoms with Crippen LogP contribution < -0.4 is 0 Å². The van der Waals surface area contributed by atoms with Crippen LogP contribution in [0.15, 0.2) is 18.2 Å². The third-order valence-electron chi connectivity index (χ3n) is 3.33. The van der Waals surface area contributed by atoms with Gasteiger partial charge in [-0.25, -0.2) is 4.79 Å². The van der Waals surface area contributed by atoms with Crippen molar-refractivity contribution in [2.75, 3.05) is 0 Å². The molecule has 1 N–H and O–H groups in total. The second-order valence-electron chi connectivity index (χ2n) is 5.66. The fourth-order valence-electron chi connectivity index (χ4n) is 2.68. The Hall–Kier alpha value is -2.02. The standard InChI is InChI=1S/C14H16N2O2/c1-14(2,3)12-10-6-4-5-9(7-15)11(10)8-16(12)13(17)18/h4-6,12H,8H2,1-3H3,(H,17,18). The van der Waals surface area contributed by atoms with E-state index in [2.05, 4.69) is 6.07 Å². The number of carboxylic acid groups (broad SMARTS) is 1. The summed E-state index contributed by atoms with van der Waals surface area (Å²) in [5, 5.41) is 18.4. The van der Waals surface area contributed by atoms with Crippen molar-refractivity contribution in [1.29, 1.82) is 5.26 Å². The first-order chi connectivity index (χ1) is 8.36. The molecule has 1 aromatic carbocycles. The highest BCUT2D eigenvalue weighted by atomic mass is 16.4. The molecule has 0 spiro atoms. The van der Waals surface area contributed by atoms with Crippen molar-refractivity contribution in [2.24, 2.45) is 5.41 Å². The molecule has 94 valence electrons. The largest absolute Gasteiger partial charge is 0.465 e. The maximum Gasteiger partial charge on any atom is 0.408 e. The normalized spacial score (nSPS) is 18.3. The zero-order valence-electron chi connectivity index (χ0n) is 10.8. The molecular weight excluding hydrogens is 228 g/mol. The molecule has 0 aromatic heterocycles. The Morgan fingerprint density at radius 1 is 1.50 bits per heavy atom. The van der Waals surface area contributed by atoms with E-state index in [0.717, 1.165) is 11.1 Å². The van der Waals surface area contributed by atoms with Crippen molar-refractivity contribution >= 4 is 6.09 Å². The molecule has 1 heterocycles. The summed E-state index contributed by atoms with van der Waals surface area (Å²) in [6.45, 7) is 6.35. The van der Waals surface area contributed by atoms with Crippen LogP contribution in [0.25, 0.3) is 0 Å². The van der Waals surface area contributed by atoms with Crippen molar-refractivity contribution in [3.05, 3.63) is 34.9 Å². The van der Waals surface area contributed by atoms with Gasteiger partial charge in [-0.3, -0.25) is 4.90 Å². The van der Waals surface area contributed by atoms with Gasteiger partial charge in [0.15, 0.2) is 0 Å². The van der Waals surface area contributed by atoms with Crippen molar-refractivity contribution in [2.45, 2.75) is 33.4 Å². The zero-order valence-corrected chi connectivity index (χ0v) is 10.8. The van der Waals surface area contributed by atoms with Gasteiger partial charge in [-0.2, -0.15) is 5.26 Å². The number of carbonyl (C=O) groups is 1. The third kappa shape index (κ3) is 1.82. The van der Waals surface area contributed by atoms with Gasteiger partial charge in [0.25, 0.3) is 0 Å². The maximum absolute atomic E-state index is 11.4. The molecule has 4 heteroatoms. The summed E-state index contributed by atoms with van der Waals surface area (Å²) >= 11 is 0. The van der Waals surface area contributed by atoms with Crippen LogP contribution in [0.2, 0.25) is 0 Å². The molecule has 18 heavy (non-hydrogen) atoms. The minimum atomic E-state index is -0.935. The first-order valence-electron chi connectivity index (χ1n) is 5.87. The van der Waals surface area contributed by atoms with Gasteiger partial charge in [-0.1, -0.05) is 32.9 Å². The fourth-order valence-corrected chi connectivity index (χ4v) is 2.68. The Kier molecular flexibility index (Phi) is 2.78. The molecule has 0 radical (unpaired) electrons. The lowest BCUT2D eigenvalue weighted by Crippen LogP contribution is -2.35. The molecule has 1 aliphatic heterocycles. The number of hydrogen-bond acceptors (Lipinski definition) is 2. The lowest BCUT2D eigenvalue weighted by atomic mass is 9.82. The van der Waals surface area contributed by atoms with Crippen molar-refractivity contribution in [1.82, 2.24) is 4.90 Å². The van der Waals surface area contributed by atoms with Gasteiger partial charge >= 0.3 is 6.09 Å². The van der Waals surface area contributed by atoms with Crippen LogP contribution in [0.5, 0.6) is 0 Å². The van der Waals surface area contributed by atoms with Crippen molar-refractivity contribution < 1.29 is 9.90 Å². The van der Waals surface area contributed by atoms with Gasteiger partial charge in [-0.15, -0.1) is 0 Å². The van der Waals surface area contributed by atoms with E-state index in [-0.39, 0.29) is 11.5 Å². The molecule has 1 unspecified atom stereocenters. The quantitative estimate of drug-likeness (QED) is 0.762. The van der Waals surface area contributed by atoms with Crippen LogP contribution in [-0.2, 0) is 6.54 Å². The number of hydrogen-bond donors (Lipinski definition) is 1. The van der Waals surface area contributed by atoms with Crippen LogP contribution in [0.3, 0.4) is 0 Å². The molecule has 1 atom stereocenters. The first kappa shape index (κ1) is 12.4. The number of fused-ring (bicyclic) bond motifs is 1. The second kappa shape index (κ2) is 4.02. The van der Waals surface area contributed by atoms with Crippen LogP contribution in [0.4, 0.5) is 4.79 Å². The molecule has 1 aliphatic rings. The van der Waals surface area contributed by atoms with E-state index in [4.69, 9.17) is 5.26 Å². The average molecular weight is 244 g/mol. The van der Waals surface area contributed by atoms with Gasteiger partial charge in [0.2, 0.25) is 0 Å². The monoisotopic (exact) mass is 244 g/mol. The topological polar surface area (TPSA) is 64.3 Å². The molecule has 1 aromatic rings. The molecular formula is C14H16N2O2. The molecule has 0 aliphatic carbocycles. The van der Waals surface area contributed by atoms with Gasteiger partial charge in [0.05, 0.1) is 24.2 Å². The van der Waals surface area contributed by atoms with Crippen molar-refractivity contribution in [3.8, 4) is 6.07 Å². The molecule has 0 saturated heterocycles. The first-order valence-corrected chi connectivity index (χ1v) is 5.87. The number of nitriles is 1. The van der Waals surface area contributed by atoms with Crippen molar-refractivity contribution in [3.63, 3.8) is 0 Å². The number of amides is 1. The van der Waals surface area contributed by atoms with E-state index < -0.39 is 6.09 Å². The molecule has 0 bridgehead atoms. The molecule has 0 fully saturated rings. The molecule has 2 rings (SSSR count). The Morgan fingerprint density at radius 2 is 2.17 bits per heavy atom. The fraction of sp³-hybridized carbons (Fsp3) is 0.429. The minimum Gasteiger partial charge on any atom is -0.465 e. The summed E-state index contributed by atoms with van der Waals surface area (Å²) in [5.74, 6) is 0. The SMILES string of the molecule is CC(C)(C)C1c2cccc(C#N)c2CN1C(=O)O. The Balaban J connectivity index is 2.59. The van der Waals surface area contributed by atoms with E-state index in [1.807, 2.05) is 32.9 Å². The van der Waals surface area contributed by atoms with E-state index in [1.165, 1.54) is 4.90 Å². The predicted molar refractivity (Wildman–Crippen MR) is 66.9 cm³/mol. The van der Waals surface area contributed by atoms with Gasteiger partial charge in [-0.05, 0) is 22.6 Å². The third-order valence-corrected chi connectivity index (χ3v) is 3.33. The van der Waals surface area contributed by atoms with Crippen LogP contribution in [0, 0.1) is 16.7 Å². The number of rotatable bonds is 0. The van der Waals surface area contributed by atoms with Gasteiger partial charge in [0, 0.05) is 0 Å². The highest BCUT2D eigenvalue weighted by molar-refractivity contribution is 5.68. The van der Waals surface area contributed by atoms with Gasteiger partial charge < -0.3 is 5.11 Å². The molecule has 4 nitrogen and oxygen atoms in total. The summed E-state index contributed by atoms with van der Waals surface area (Å²) < 4.78 is 0. The van der Waals surface area contributed by atoms with Crippen LogP contribution in [-0.4, -0.2) is 16.1 Å². The Labute approximate surface area is 106 Å². The summed E-state index contributed by atoms with van der Waals surface area (Å²) in [6.07, 6.45) is -0.935. The smallest absolute Gasteiger partial charge is 0.408 e. The Bertz CT molecular complexity index is 538. The van der Waals surface area contributed by atoms with Crippen LogP contribution >= 0.6 is 0 Å². The maximum atomic E-state index is 11.4. The highest BCUT2D eigenvalue weighted by Gasteiger charge is 2.41. The Morgan fingerprint density at radius 3 is 2.67 bits per heavy atom. The van der Waals surface area contributed by atoms with E-state index in [1.54, 1.807) is 6.07 Å². The zero-order chi connectivity index (χ0) is 13.5. The van der Waals surface area contributed by atoms with E-state index in [0.29, 0.717) is 12.1 Å². The average Bonchev–Trinajstić information content (AvgIpc) is 2.67. The second-order valence-corrected chi connectivity index (χ2v) is 5.66. The molecule has 0 saturated carbocycles.